The number of methoxy groups -OCH3 is 1. The van der Waals surface area contributed by atoms with Crippen LogP contribution in [0.1, 0.15) is 49.3 Å². The molecule has 2 atom stereocenters. The molecule has 1 heterocycles. The highest BCUT2D eigenvalue weighted by atomic mass is 32.2. The number of hydrogen-bond donors (Lipinski definition) is 0. The maximum absolute atomic E-state index is 13.8. The van der Waals surface area contributed by atoms with Gasteiger partial charge in [-0.25, -0.2) is 4.99 Å². The third kappa shape index (κ3) is 6.02. The van der Waals surface area contributed by atoms with Crippen molar-refractivity contribution >= 4 is 34.6 Å². The Hall–Kier alpha value is -4.02. The predicted molar refractivity (Wildman–Crippen MR) is 156 cm³/mol. The minimum Gasteiger partial charge on any atom is -0.493 e. The van der Waals surface area contributed by atoms with Crippen LogP contribution in [-0.4, -0.2) is 29.1 Å². The average Bonchev–Trinajstić information content (AvgIpc) is 3.26. The lowest BCUT2D eigenvalue weighted by Gasteiger charge is -2.35. The van der Waals surface area contributed by atoms with Crippen LogP contribution in [0.5, 0.6) is 11.5 Å². The van der Waals surface area contributed by atoms with Gasteiger partial charge in [-0.3, -0.25) is 9.69 Å². The Labute approximate surface area is 234 Å². The molecule has 0 radical (unpaired) electrons. The van der Waals surface area contributed by atoms with Crippen molar-refractivity contribution in [1.82, 2.24) is 4.90 Å². The lowest BCUT2D eigenvalue weighted by atomic mass is 9.85. The molecule has 1 amide bonds. The van der Waals surface area contributed by atoms with E-state index in [9.17, 15) is 10.1 Å². The summed E-state index contributed by atoms with van der Waals surface area (Å²) in [5.41, 5.74) is 3.07. The van der Waals surface area contributed by atoms with E-state index in [4.69, 9.17) is 14.5 Å². The van der Waals surface area contributed by atoms with Crippen LogP contribution in [0.2, 0.25) is 0 Å². The molecule has 198 valence electrons. The molecule has 1 aliphatic heterocycles. The molecule has 0 bridgehead atoms. The molecule has 1 aliphatic carbocycles. The van der Waals surface area contributed by atoms with Gasteiger partial charge in [0, 0.05) is 11.6 Å². The number of nitrogens with zero attached hydrogens (tertiary/aromatic N) is 3. The molecule has 1 saturated carbocycles. The van der Waals surface area contributed by atoms with Crippen molar-refractivity contribution in [3.8, 4) is 17.6 Å². The van der Waals surface area contributed by atoms with Gasteiger partial charge in [0.1, 0.15) is 6.61 Å². The first-order valence-corrected chi connectivity index (χ1v) is 14.0. The van der Waals surface area contributed by atoms with Crippen LogP contribution in [0, 0.1) is 17.2 Å². The van der Waals surface area contributed by atoms with E-state index in [1.165, 1.54) is 18.2 Å². The van der Waals surface area contributed by atoms with Crippen molar-refractivity contribution in [2.24, 2.45) is 10.9 Å². The Morgan fingerprint density at radius 3 is 2.59 bits per heavy atom. The molecule has 3 aromatic carbocycles. The number of carbonyl (C=O) groups excluding carboxylic acids is 1. The third-order valence-electron chi connectivity index (χ3n) is 7.22. The Kier molecular flexibility index (Phi) is 8.33. The Morgan fingerprint density at radius 1 is 1.05 bits per heavy atom. The number of hydrogen-bond acceptors (Lipinski definition) is 6. The largest absolute Gasteiger partial charge is 0.493 e. The van der Waals surface area contributed by atoms with E-state index in [-0.39, 0.29) is 18.6 Å². The fraction of sp³-hybridized carbons (Fsp3) is 0.281. The van der Waals surface area contributed by atoms with E-state index in [1.807, 2.05) is 77.7 Å². The van der Waals surface area contributed by atoms with E-state index >= 15 is 0 Å². The number of rotatable bonds is 7. The summed E-state index contributed by atoms with van der Waals surface area (Å²) in [5.74, 6) is 1.55. The fourth-order valence-electron chi connectivity index (χ4n) is 5.11. The minimum atomic E-state index is 0.000773. The molecular weight excluding hydrogens is 506 g/mol. The molecule has 0 N–H and O–H groups in total. The van der Waals surface area contributed by atoms with E-state index in [2.05, 4.69) is 13.0 Å². The lowest BCUT2D eigenvalue weighted by molar-refractivity contribution is -0.124. The zero-order valence-electron chi connectivity index (χ0n) is 22.2. The second-order valence-corrected chi connectivity index (χ2v) is 10.8. The van der Waals surface area contributed by atoms with Gasteiger partial charge in [0.05, 0.1) is 29.3 Å². The Morgan fingerprint density at radius 2 is 1.82 bits per heavy atom. The van der Waals surface area contributed by atoms with Gasteiger partial charge in [0.25, 0.3) is 5.91 Å². The van der Waals surface area contributed by atoms with Crippen molar-refractivity contribution in [2.75, 3.05) is 7.11 Å². The highest BCUT2D eigenvalue weighted by Crippen LogP contribution is 2.40. The topological polar surface area (TPSA) is 74.9 Å². The summed E-state index contributed by atoms with van der Waals surface area (Å²) in [6.45, 7) is 2.49. The zero-order valence-corrected chi connectivity index (χ0v) is 23.0. The predicted octanol–water partition coefficient (Wildman–Crippen LogP) is 7.33. The zero-order chi connectivity index (χ0) is 27.2. The summed E-state index contributed by atoms with van der Waals surface area (Å²) < 4.78 is 11.6. The molecule has 5 rings (SSSR count). The number of benzene rings is 3. The van der Waals surface area contributed by atoms with Crippen LogP contribution in [-0.2, 0) is 11.4 Å². The van der Waals surface area contributed by atoms with E-state index in [0.29, 0.717) is 27.9 Å². The molecule has 3 aromatic rings. The molecule has 0 unspecified atom stereocenters. The fourth-order valence-corrected chi connectivity index (χ4v) is 6.15. The van der Waals surface area contributed by atoms with E-state index in [0.717, 1.165) is 41.2 Å². The molecule has 0 spiro atoms. The summed E-state index contributed by atoms with van der Waals surface area (Å²) in [4.78, 5) is 21.2. The first-order chi connectivity index (χ1) is 19.1. The molecule has 1 saturated heterocycles. The second-order valence-electron chi connectivity index (χ2n) is 9.81. The average molecular weight is 538 g/mol. The van der Waals surface area contributed by atoms with E-state index < -0.39 is 0 Å². The maximum atomic E-state index is 13.8. The summed E-state index contributed by atoms with van der Waals surface area (Å²) in [5, 5.41) is 10.1. The minimum absolute atomic E-state index is 0.000773. The summed E-state index contributed by atoms with van der Waals surface area (Å²) >= 11 is 1.43. The molecule has 0 aromatic heterocycles. The Balaban J connectivity index is 1.41. The normalized spacial score (nSPS) is 21.3. The van der Waals surface area contributed by atoms with Crippen molar-refractivity contribution in [3.05, 3.63) is 94.4 Å². The van der Waals surface area contributed by atoms with Crippen LogP contribution in [0.3, 0.4) is 0 Å². The molecular formula is C32H31N3O3S. The SMILES string of the molecule is COc1cc(/C=C2\SC(=Nc3ccccc3)N([C@@H]3CCCC[C@@H]3C)C2=O)ccc1OCc1ccccc1C#N. The van der Waals surface area contributed by atoms with Crippen molar-refractivity contribution in [3.63, 3.8) is 0 Å². The van der Waals surface area contributed by atoms with Crippen LogP contribution in [0.4, 0.5) is 5.69 Å². The van der Waals surface area contributed by atoms with Gasteiger partial charge in [0.15, 0.2) is 16.7 Å². The third-order valence-corrected chi connectivity index (χ3v) is 8.21. The number of thioether (sulfide) groups is 1. The standard InChI is InChI=1S/C32H31N3O3S/c1-22-10-6-9-15-27(22)35-31(36)30(39-32(35)34-26-13-4-3-5-14-26)19-23-16-17-28(29(18-23)37-2)38-21-25-12-8-7-11-24(25)20-33/h3-5,7-8,11-14,16-19,22,27H,6,9-10,15,21H2,1-2H3/b30-19-,34-32?/t22-,27+/m0/s1. The number of nitriles is 1. The smallest absolute Gasteiger partial charge is 0.267 e. The van der Waals surface area contributed by atoms with Crippen LogP contribution in [0.25, 0.3) is 6.08 Å². The molecule has 2 fully saturated rings. The van der Waals surface area contributed by atoms with Crippen molar-refractivity contribution in [1.29, 1.82) is 5.26 Å². The van der Waals surface area contributed by atoms with Crippen molar-refractivity contribution < 1.29 is 14.3 Å². The van der Waals surface area contributed by atoms with Gasteiger partial charge in [0.2, 0.25) is 0 Å². The van der Waals surface area contributed by atoms with Gasteiger partial charge < -0.3 is 9.47 Å². The number of ether oxygens (including phenoxy) is 2. The summed E-state index contributed by atoms with van der Waals surface area (Å²) in [6.07, 6.45) is 6.34. The van der Waals surface area contributed by atoms with Gasteiger partial charge in [-0.2, -0.15) is 5.26 Å². The van der Waals surface area contributed by atoms with E-state index in [1.54, 1.807) is 13.2 Å². The number of amidine groups is 1. The first-order valence-electron chi connectivity index (χ1n) is 13.2. The van der Waals surface area contributed by atoms with Crippen LogP contribution in [0.15, 0.2) is 82.7 Å². The summed E-state index contributed by atoms with van der Waals surface area (Å²) in [6, 6.07) is 25.1. The second kappa shape index (κ2) is 12.2. The molecule has 39 heavy (non-hydrogen) atoms. The maximum Gasteiger partial charge on any atom is 0.267 e. The number of para-hydroxylation sites is 1. The first kappa shape index (κ1) is 26.6. The highest BCUT2D eigenvalue weighted by Gasteiger charge is 2.41. The number of carbonyl (C=O) groups is 1. The summed E-state index contributed by atoms with van der Waals surface area (Å²) in [7, 11) is 1.59. The van der Waals surface area contributed by atoms with Crippen LogP contribution >= 0.6 is 11.8 Å². The molecule has 7 heteroatoms. The quantitative estimate of drug-likeness (QED) is 0.295. The van der Waals surface area contributed by atoms with Gasteiger partial charge in [-0.05, 0) is 72.5 Å². The molecule has 2 aliphatic rings. The van der Waals surface area contributed by atoms with Gasteiger partial charge in [-0.15, -0.1) is 0 Å². The van der Waals surface area contributed by atoms with Crippen LogP contribution < -0.4 is 9.47 Å². The Bertz CT molecular complexity index is 1440. The molecule has 6 nitrogen and oxygen atoms in total. The monoisotopic (exact) mass is 537 g/mol. The highest BCUT2D eigenvalue weighted by molar-refractivity contribution is 8.18. The number of aliphatic imine (C=N–C) groups is 1. The van der Waals surface area contributed by atoms with Gasteiger partial charge >= 0.3 is 0 Å². The number of amides is 1. The lowest BCUT2D eigenvalue weighted by Crippen LogP contribution is -2.44. The van der Waals surface area contributed by atoms with Gasteiger partial charge in [-0.1, -0.05) is 62.2 Å². The van der Waals surface area contributed by atoms with Crippen molar-refractivity contribution in [2.45, 2.75) is 45.3 Å².